The quantitative estimate of drug-likeness (QED) is 0.935. The molecule has 1 aliphatic rings. The van der Waals surface area contributed by atoms with Crippen molar-refractivity contribution in [3.8, 4) is 0 Å². The maximum atomic E-state index is 12.6. The van der Waals surface area contributed by atoms with Gasteiger partial charge in [0.25, 0.3) is 0 Å². The fourth-order valence-electron chi connectivity index (χ4n) is 3.00. The van der Waals surface area contributed by atoms with Gasteiger partial charge in [0, 0.05) is 24.7 Å². The van der Waals surface area contributed by atoms with Crippen LogP contribution in [0.3, 0.4) is 0 Å². The number of nitrogens with zero attached hydrogens (tertiary/aromatic N) is 3. The molecule has 2 aromatic rings. The number of hydrogen-bond acceptors (Lipinski definition) is 3. The first-order valence-electron chi connectivity index (χ1n) is 8.16. The van der Waals surface area contributed by atoms with Crippen molar-refractivity contribution < 1.29 is 4.79 Å². The van der Waals surface area contributed by atoms with Crippen molar-refractivity contribution in [3.05, 3.63) is 48.2 Å². The van der Waals surface area contributed by atoms with Crippen LogP contribution in [0.2, 0.25) is 0 Å². The van der Waals surface area contributed by atoms with E-state index in [9.17, 15) is 4.79 Å². The second-order valence-corrected chi connectivity index (χ2v) is 7.10. The molecule has 0 radical (unpaired) electrons. The largest absolute Gasteiger partial charge is 0.351 e. The van der Waals surface area contributed by atoms with E-state index in [1.165, 1.54) is 5.56 Å². The monoisotopic (exact) mass is 324 g/mol. The molecule has 1 aliphatic heterocycles. The molecular weight excluding hydrogens is 300 g/mol. The van der Waals surface area contributed by atoms with Gasteiger partial charge in [0.2, 0.25) is 5.91 Å². The first-order chi connectivity index (χ1) is 11.3. The van der Waals surface area contributed by atoms with E-state index in [1.807, 2.05) is 39.2 Å². The van der Waals surface area contributed by atoms with E-state index in [0.717, 1.165) is 23.4 Å². The van der Waals surface area contributed by atoms with Gasteiger partial charge >= 0.3 is 0 Å². The van der Waals surface area contributed by atoms with Crippen molar-refractivity contribution in [3.63, 3.8) is 0 Å². The zero-order valence-electron chi connectivity index (χ0n) is 14.8. The van der Waals surface area contributed by atoms with E-state index in [2.05, 4.69) is 36.1 Å². The molecule has 3 rings (SSSR count). The molecule has 2 heterocycles. The van der Waals surface area contributed by atoms with Crippen LogP contribution in [0.5, 0.6) is 0 Å². The molecule has 5 nitrogen and oxygen atoms in total. The zero-order valence-corrected chi connectivity index (χ0v) is 14.8. The smallest absolute Gasteiger partial charge is 0.233 e. The maximum Gasteiger partial charge on any atom is 0.233 e. The lowest BCUT2D eigenvalue weighted by Crippen LogP contribution is -2.31. The third kappa shape index (κ3) is 2.94. The van der Waals surface area contributed by atoms with Crippen molar-refractivity contribution in [1.29, 1.82) is 0 Å². The highest BCUT2D eigenvalue weighted by atomic mass is 16.2. The van der Waals surface area contributed by atoms with Crippen LogP contribution in [0.4, 0.5) is 11.5 Å². The summed E-state index contributed by atoms with van der Waals surface area (Å²) in [6.45, 7) is 10.8. The summed E-state index contributed by atoms with van der Waals surface area (Å²) in [5.74, 6) is 0.785. The van der Waals surface area contributed by atoms with Crippen LogP contribution in [0.25, 0.3) is 5.70 Å². The van der Waals surface area contributed by atoms with Crippen molar-refractivity contribution >= 4 is 23.1 Å². The van der Waals surface area contributed by atoms with Crippen molar-refractivity contribution in [1.82, 2.24) is 9.78 Å². The number of amides is 1. The lowest BCUT2D eigenvalue weighted by atomic mass is 9.92. The second-order valence-electron chi connectivity index (χ2n) is 7.10. The van der Waals surface area contributed by atoms with Crippen LogP contribution in [0.1, 0.15) is 31.4 Å². The Morgan fingerprint density at radius 2 is 2.12 bits per heavy atom. The molecule has 0 unspecified atom stereocenters. The van der Waals surface area contributed by atoms with Gasteiger partial charge in [0.1, 0.15) is 5.69 Å². The molecule has 1 aromatic heterocycles. The molecule has 5 heteroatoms. The number of benzene rings is 1. The Balaban J connectivity index is 1.88. The number of rotatable bonds is 4. The Morgan fingerprint density at radius 1 is 1.38 bits per heavy atom. The second kappa shape index (κ2) is 5.82. The topological polar surface area (TPSA) is 50.2 Å². The number of nitrogens with one attached hydrogen (secondary N) is 1. The average Bonchev–Trinajstić information content (AvgIpc) is 2.99. The average molecular weight is 324 g/mol. The van der Waals surface area contributed by atoms with Crippen molar-refractivity contribution in [2.45, 2.75) is 27.2 Å². The zero-order chi connectivity index (χ0) is 17.5. The summed E-state index contributed by atoms with van der Waals surface area (Å²) in [4.78, 5) is 14.4. The molecule has 0 atom stereocenters. The summed E-state index contributed by atoms with van der Waals surface area (Å²) in [5, 5.41) is 7.82. The Kier molecular flexibility index (Phi) is 3.95. The molecular formula is C19H24N4O. The number of hydrogen-bond donors (Lipinski definition) is 1. The van der Waals surface area contributed by atoms with Crippen molar-refractivity contribution in [2.24, 2.45) is 12.5 Å². The molecule has 24 heavy (non-hydrogen) atoms. The van der Waals surface area contributed by atoms with Gasteiger partial charge in [-0.25, -0.2) is 0 Å². The van der Waals surface area contributed by atoms with Crippen molar-refractivity contribution in [2.75, 3.05) is 16.8 Å². The lowest BCUT2D eigenvalue weighted by Gasteiger charge is -2.19. The standard InChI is InChI=1S/C19H24N4O/c1-13-7-6-8-15(11-13)14(2)20-16-12-22(5)21-17(16)23-10-9-19(3,4)18(23)24/h6-8,11-12,20H,2,9-10H2,1,3-5H3. The fourth-order valence-corrected chi connectivity index (χ4v) is 3.00. The number of aromatic nitrogens is 2. The van der Waals surface area contributed by atoms with Crippen LogP contribution in [0.15, 0.2) is 37.0 Å². The fraction of sp³-hybridized carbons (Fsp3) is 0.368. The minimum Gasteiger partial charge on any atom is -0.351 e. The highest BCUT2D eigenvalue weighted by Crippen LogP contribution is 2.37. The van der Waals surface area contributed by atoms with Gasteiger partial charge in [-0.2, -0.15) is 5.10 Å². The molecule has 1 fully saturated rings. The van der Waals surface area contributed by atoms with Gasteiger partial charge in [-0.3, -0.25) is 14.4 Å². The third-order valence-corrected chi connectivity index (χ3v) is 4.50. The predicted molar refractivity (Wildman–Crippen MR) is 97.8 cm³/mol. The highest BCUT2D eigenvalue weighted by molar-refractivity contribution is 6.01. The van der Waals surface area contributed by atoms with Gasteiger partial charge in [-0.15, -0.1) is 0 Å². The minimum atomic E-state index is -0.331. The number of carbonyl (C=O) groups excluding carboxylic acids is 1. The van der Waals surface area contributed by atoms with Crippen LogP contribution in [0, 0.1) is 12.3 Å². The third-order valence-electron chi connectivity index (χ3n) is 4.50. The Bertz CT molecular complexity index is 803. The molecule has 0 saturated carbocycles. The molecule has 1 amide bonds. The van der Waals surface area contributed by atoms with Gasteiger partial charge in [-0.05, 0) is 25.0 Å². The van der Waals surface area contributed by atoms with E-state index >= 15 is 0 Å². The number of carbonyl (C=O) groups is 1. The number of anilines is 2. The van der Waals surface area contributed by atoms with E-state index in [0.29, 0.717) is 12.4 Å². The van der Waals surface area contributed by atoms with Gasteiger partial charge in [0.15, 0.2) is 5.82 Å². The van der Waals surface area contributed by atoms with Crippen LogP contribution in [-0.2, 0) is 11.8 Å². The normalized spacial score (nSPS) is 16.5. The predicted octanol–water partition coefficient (Wildman–Crippen LogP) is 3.57. The molecule has 1 N–H and O–H groups in total. The summed E-state index contributed by atoms with van der Waals surface area (Å²) < 4.78 is 1.72. The number of aryl methyl sites for hydroxylation is 2. The molecule has 0 bridgehead atoms. The van der Waals surface area contributed by atoms with Gasteiger partial charge in [0.05, 0.1) is 6.20 Å². The Morgan fingerprint density at radius 3 is 2.75 bits per heavy atom. The van der Waals surface area contributed by atoms with E-state index in [-0.39, 0.29) is 11.3 Å². The van der Waals surface area contributed by atoms with Crippen LogP contribution in [-0.4, -0.2) is 22.2 Å². The summed E-state index contributed by atoms with van der Waals surface area (Å²) in [6, 6.07) is 8.16. The maximum absolute atomic E-state index is 12.6. The van der Waals surface area contributed by atoms with Crippen LogP contribution >= 0.6 is 0 Å². The summed E-state index contributed by atoms with van der Waals surface area (Å²) in [5.41, 5.74) is 3.47. The summed E-state index contributed by atoms with van der Waals surface area (Å²) in [6.07, 6.45) is 2.72. The van der Waals surface area contributed by atoms with Gasteiger partial charge in [-0.1, -0.05) is 44.2 Å². The molecule has 1 aromatic carbocycles. The highest BCUT2D eigenvalue weighted by Gasteiger charge is 2.41. The lowest BCUT2D eigenvalue weighted by molar-refractivity contribution is -0.124. The van der Waals surface area contributed by atoms with E-state index < -0.39 is 0 Å². The van der Waals surface area contributed by atoms with E-state index in [1.54, 1.807) is 9.58 Å². The SMILES string of the molecule is C=C(Nc1cn(C)nc1N1CCC(C)(C)C1=O)c1cccc(C)c1. The summed E-state index contributed by atoms with van der Waals surface area (Å²) >= 11 is 0. The Labute approximate surface area is 143 Å². The minimum absolute atomic E-state index is 0.116. The first-order valence-corrected chi connectivity index (χ1v) is 8.16. The van der Waals surface area contributed by atoms with Crippen LogP contribution < -0.4 is 10.2 Å². The molecule has 126 valence electrons. The van der Waals surface area contributed by atoms with E-state index in [4.69, 9.17) is 0 Å². The first kappa shape index (κ1) is 16.3. The van der Waals surface area contributed by atoms with Gasteiger partial charge < -0.3 is 5.32 Å². The molecule has 0 aliphatic carbocycles. The Hall–Kier alpha value is -2.56. The summed E-state index contributed by atoms with van der Waals surface area (Å²) in [7, 11) is 1.86. The molecule has 1 saturated heterocycles. The molecule has 0 spiro atoms.